The molecule has 2 aromatic carbocycles. The molecule has 0 aliphatic carbocycles. The molecule has 1 saturated heterocycles. The minimum absolute atomic E-state index is 0.0391. The van der Waals surface area contributed by atoms with E-state index in [1.54, 1.807) is 4.90 Å². The van der Waals surface area contributed by atoms with Crippen LogP contribution < -0.4 is 5.32 Å². The van der Waals surface area contributed by atoms with Gasteiger partial charge in [0.1, 0.15) is 0 Å². The summed E-state index contributed by atoms with van der Waals surface area (Å²) in [5, 5.41) is 12.3. The minimum Gasteiger partial charge on any atom is -0.396 e. The fourth-order valence-corrected chi connectivity index (χ4v) is 3.27. The number of aliphatic hydroxyl groups excluding tert-OH is 1. The first-order chi connectivity index (χ1) is 11.8. The van der Waals surface area contributed by atoms with Gasteiger partial charge in [-0.05, 0) is 17.5 Å². The Balaban J connectivity index is 1.68. The molecule has 1 atom stereocenters. The molecule has 1 heterocycles. The molecule has 1 fully saturated rings. The van der Waals surface area contributed by atoms with Crippen LogP contribution in [-0.2, 0) is 0 Å². The number of hydrogen-bond donors (Lipinski definition) is 2. The maximum Gasteiger partial charge on any atom is 0.317 e. The second-order valence-corrected chi connectivity index (χ2v) is 6.34. The number of likely N-dealkylation sites (tertiary alicyclic amines) is 1. The van der Waals surface area contributed by atoms with Crippen molar-refractivity contribution in [2.24, 2.45) is 5.92 Å². The number of carbonyl (C=O) groups excluding carboxylic acids is 1. The predicted molar refractivity (Wildman–Crippen MR) is 94.9 cm³/mol. The second-order valence-electron chi connectivity index (χ2n) is 6.34. The zero-order valence-corrected chi connectivity index (χ0v) is 13.8. The van der Waals surface area contributed by atoms with Crippen LogP contribution >= 0.6 is 0 Å². The first-order valence-corrected chi connectivity index (χ1v) is 8.51. The van der Waals surface area contributed by atoms with E-state index in [9.17, 15) is 9.90 Å². The number of rotatable bonds is 5. The van der Waals surface area contributed by atoms with E-state index in [0.29, 0.717) is 13.1 Å². The highest BCUT2D eigenvalue weighted by molar-refractivity contribution is 5.74. The van der Waals surface area contributed by atoms with Gasteiger partial charge in [0.05, 0.1) is 0 Å². The summed E-state index contributed by atoms with van der Waals surface area (Å²) in [6.07, 6.45) is 0.880. The van der Waals surface area contributed by atoms with Crippen molar-refractivity contribution in [3.8, 4) is 0 Å². The minimum atomic E-state index is -0.0391. The van der Waals surface area contributed by atoms with Gasteiger partial charge in [-0.25, -0.2) is 4.79 Å². The lowest BCUT2D eigenvalue weighted by Crippen LogP contribution is -2.40. The molecular formula is C20H24N2O2. The first kappa shape index (κ1) is 16.5. The molecule has 4 heteroatoms. The molecule has 2 N–H and O–H groups in total. The maximum atomic E-state index is 12.4. The Morgan fingerprint density at radius 1 is 1.08 bits per heavy atom. The number of carbonyl (C=O) groups is 1. The molecule has 0 radical (unpaired) electrons. The number of hydrogen-bond acceptors (Lipinski definition) is 2. The number of nitrogens with one attached hydrogen (secondary N) is 1. The Morgan fingerprint density at radius 2 is 1.67 bits per heavy atom. The van der Waals surface area contributed by atoms with Crippen molar-refractivity contribution >= 4 is 6.03 Å². The zero-order chi connectivity index (χ0) is 16.8. The van der Waals surface area contributed by atoms with E-state index in [1.165, 1.54) is 11.1 Å². The van der Waals surface area contributed by atoms with Gasteiger partial charge >= 0.3 is 6.03 Å². The van der Waals surface area contributed by atoms with Crippen molar-refractivity contribution in [2.45, 2.75) is 12.3 Å². The number of urea groups is 1. The molecule has 1 aliphatic rings. The number of aliphatic hydroxyl groups is 1. The first-order valence-electron chi connectivity index (χ1n) is 8.51. The summed E-state index contributed by atoms with van der Waals surface area (Å²) < 4.78 is 0. The summed E-state index contributed by atoms with van der Waals surface area (Å²) in [5.41, 5.74) is 2.39. The second kappa shape index (κ2) is 7.97. The van der Waals surface area contributed by atoms with Gasteiger partial charge in [0.15, 0.2) is 0 Å². The molecule has 4 nitrogen and oxygen atoms in total. The van der Waals surface area contributed by atoms with Crippen molar-refractivity contribution in [3.63, 3.8) is 0 Å². The van der Waals surface area contributed by atoms with E-state index in [4.69, 9.17) is 0 Å². The average Bonchev–Trinajstić information content (AvgIpc) is 3.13. The third-order valence-corrected chi connectivity index (χ3v) is 4.69. The van der Waals surface area contributed by atoms with Gasteiger partial charge in [0, 0.05) is 38.1 Å². The monoisotopic (exact) mass is 324 g/mol. The summed E-state index contributed by atoms with van der Waals surface area (Å²) in [7, 11) is 0. The smallest absolute Gasteiger partial charge is 0.317 e. The summed E-state index contributed by atoms with van der Waals surface area (Å²) in [4.78, 5) is 14.2. The Morgan fingerprint density at radius 3 is 2.17 bits per heavy atom. The van der Waals surface area contributed by atoms with Crippen molar-refractivity contribution in [3.05, 3.63) is 71.8 Å². The molecule has 2 amide bonds. The molecular weight excluding hydrogens is 300 g/mol. The number of nitrogens with zero attached hydrogens (tertiary/aromatic N) is 1. The van der Waals surface area contributed by atoms with Crippen molar-refractivity contribution in [2.75, 3.05) is 26.2 Å². The fraction of sp³-hybridized carbons (Fsp3) is 0.350. The Kier molecular flexibility index (Phi) is 5.49. The molecule has 0 aromatic heterocycles. The van der Waals surface area contributed by atoms with Gasteiger partial charge in [0.25, 0.3) is 0 Å². The van der Waals surface area contributed by atoms with Crippen LogP contribution in [0.25, 0.3) is 0 Å². The Bertz CT molecular complexity index is 606. The van der Waals surface area contributed by atoms with E-state index < -0.39 is 0 Å². The Hall–Kier alpha value is -2.33. The quantitative estimate of drug-likeness (QED) is 0.888. The van der Waals surface area contributed by atoms with Crippen LogP contribution in [0.2, 0.25) is 0 Å². The summed E-state index contributed by atoms with van der Waals surface area (Å²) in [6.45, 7) is 2.08. The lowest BCUT2D eigenvalue weighted by Gasteiger charge is -2.22. The van der Waals surface area contributed by atoms with E-state index in [0.717, 1.165) is 13.0 Å². The molecule has 0 bridgehead atoms. The fourth-order valence-electron chi connectivity index (χ4n) is 3.27. The maximum absolute atomic E-state index is 12.4. The third kappa shape index (κ3) is 3.95. The van der Waals surface area contributed by atoms with Gasteiger partial charge in [-0.2, -0.15) is 0 Å². The highest BCUT2D eigenvalue weighted by Crippen LogP contribution is 2.24. The van der Waals surface area contributed by atoms with Gasteiger partial charge in [0.2, 0.25) is 0 Å². The number of benzene rings is 2. The molecule has 0 saturated carbocycles. The lowest BCUT2D eigenvalue weighted by molar-refractivity contribution is 0.198. The van der Waals surface area contributed by atoms with Crippen molar-refractivity contribution in [1.82, 2.24) is 10.2 Å². The molecule has 126 valence electrons. The molecule has 24 heavy (non-hydrogen) atoms. The molecule has 0 spiro atoms. The van der Waals surface area contributed by atoms with Crippen molar-refractivity contribution in [1.29, 1.82) is 0 Å². The third-order valence-electron chi connectivity index (χ3n) is 4.69. The van der Waals surface area contributed by atoms with Crippen LogP contribution in [0.15, 0.2) is 60.7 Å². The summed E-state index contributed by atoms with van der Waals surface area (Å²) >= 11 is 0. The van der Waals surface area contributed by atoms with E-state index in [-0.39, 0.29) is 24.5 Å². The molecule has 1 unspecified atom stereocenters. The summed E-state index contributed by atoms with van der Waals surface area (Å²) in [6, 6.07) is 20.5. The van der Waals surface area contributed by atoms with E-state index in [1.807, 2.05) is 36.4 Å². The molecule has 2 aromatic rings. The molecule has 3 rings (SSSR count). The highest BCUT2D eigenvalue weighted by Gasteiger charge is 2.26. The largest absolute Gasteiger partial charge is 0.396 e. The lowest BCUT2D eigenvalue weighted by atomic mass is 9.91. The highest BCUT2D eigenvalue weighted by atomic mass is 16.3. The van der Waals surface area contributed by atoms with Crippen LogP contribution in [0.5, 0.6) is 0 Å². The van der Waals surface area contributed by atoms with Crippen LogP contribution in [0, 0.1) is 5.92 Å². The summed E-state index contributed by atoms with van der Waals surface area (Å²) in [5.74, 6) is 0.349. The van der Waals surface area contributed by atoms with Gasteiger partial charge < -0.3 is 15.3 Å². The van der Waals surface area contributed by atoms with E-state index in [2.05, 4.69) is 29.6 Å². The van der Waals surface area contributed by atoms with Crippen LogP contribution in [0.4, 0.5) is 4.79 Å². The standard InChI is InChI=1S/C20H24N2O2/c23-15-16-11-12-22(14-16)20(24)21-13-19(17-7-3-1-4-8-17)18-9-5-2-6-10-18/h1-10,16,19,23H,11-15H2,(H,21,24). The zero-order valence-electron chi connectivity index (χ0n) is 13.8. The predicted octanol–water partition coefficient (Wildman–Crippen LogP) is 2.84. The van der Waals surface area contributed by atoms with Crippen LogP contribution in [0.3, 0.4) is 0 Å². The van der Waals surface area contributed by atoms with Gasteiger partial charge in [-0.1, -0.05) is 60.7 Å². The van der Waals surface area contributed by atoms with E-state index >= 15 is 0 Å². The Labute approximate surface area is 143 Å². The van der Waals surface area contributed by atoms with Gasteiger partial charge in [-0.3, -0.25) is 0 Å². The number of amides is 2. The normalized spacial score (nSPS) is 17.2. The SMILES string of the molecule is O=C(NCC(c1ccccc1)c1ccccc1)N1CCC(CO)C1. The van der Waals surface area contributed by atoms with Crippen molar-refractivity contribution < 1.29 is 9.90 Å². The molecule has 1 aliphatic heterocycles. The average molecular weight is 324 g/mol. The van der Waals surface area contributed by atoms with Crippen LogP contribution in [0.1, 0.15) is 23.5 Å². The topological polar surface area (TPSA) is 52.6 Å². The van der Waals surface area contributed by atoms with Gasteiger partial charge in [-0.15, -0.1) is 0 Å². The van der Waals surface area contributed by atoms with Crippen LogP contribution in [-0.4, -0.2) is 42.3 Å².